The van der Waals surface area contributed by atoms with Crippen LogP contribution < -0.4 is 18.9 Å². The maximum atomic E-state index is 12.0. The summed E-state index contributed by atoms with van der Waals surface area (Å²) < 4.78 is 23.1. The second-order valence-electron chi connectivity index (χ2n) is 1.75. The fraction of sp³-hybridized carbons (Fsp3) is 0.667. The van der Waals surface area contributed by atoms with Crippen molar-refractivity contribution in [2.24, 2.45) is 5.92 Å². The molecule has 0 N–H and O–H groups in total. The Morgan fingerprint density at radius 1 is 1.67 bits per heavy atom. The smallest absolute Gasteiger partial charge is 0.456 e. The molecule has 9 heavy (non-hydrogen) atoms. The summed E-state index contributed by atoms with van der Waals surface area (Å²) in [4.78, 5) is 0. The molecule has 0 bridgehead atoms. The zero-order chi connectivity index (χ0) is 6.57. The maximum Gasteiger partial charge on any atom is 1.00 e. The number of hydrogen-bond acceptors (Lipinski definition) is 0. The number of hydrogen-bond donors (Lipinski definition) is 0. The summed E-state index contributed by atoms with van der Waals surface area (Å²) in [6, 6.07) is 0. The van der Waals surface area contributed by atoms with Gasteiger partial charge in [0.2, 0.25) is 0 Å². The van der Waals surface area contributed by atoms with Gasteiger partial charge in [-0.1, -0.05) is 20.3 Å². The third-order valence-electron chi connectivity index (χ3n) is 1.14. The summed E-state index contributed by atoms with van der Waals surface area (Å²) in [5.41, 5.74) is 0. The second-order valence-corrected chi connectivity index (χ2v) is 1.75. The van der Waals surface area contributed by atoms with Crippen molar-refractivity contribution in [2.45, 2.75) is 20.3 Å². The summed E-state index contributed by atoms with van der Waals surface area (Å²) in [5.74, 6) is -1.10. The zero-order valence-electron chi connectivity index (χ0n) is 6.04. The minimum atomic E-state index is -0.785. The van der Waals surface area contributed by atoms with Crippen molar-refractivity contribution in [2.75, 3.05) is 0 Å². The van der Waals surface area contributed by atoms with Crippen LogP contribution in [0.1, 0.15) is 20.3 Å². The molecule has 48 valence electrons. The third-order valence-corrected chi connectivity index (χ3v) is 1.14. The van der Waals surface area contributed by atoms with E-state index in [9.17, 15) is 8.78 Å². The molecule has 0 aromatic carbocycles. The predicted octanol–water partition coefficient (Wildman–Crippen LogP) is -0.380. The molecule has 0 nitrogen and oxygen atoms in total. The van der Waals surface area contributed by atoms with Gasteiger partial charge < -0.3 is 4.39 Å². The summed E-state index contributed by atoms with van der Waals surface area (Å²) in [6.45, 7) is 3.41. The molecule has 3 heteroatoms. The van der Waals surface area contributed by atoms with Crippen LogP contribution in [0, 0.1) is 12.2 Å². The van der Waals surface area contributed by atoms with E-state index in [0.29, 0.717) is 6.42 Å². The van der Waals surface area contributed by atoms with Gasteiger partial charge in [-0.25, -0.2) is 0 Å². The van der Waals surface area contributed by atoms with E-state index in [0.717, 1.165) is 6.33 Å². The SMILES string of the molecule is CCC(C)C(F)=[C-]F.[Li+]. The molecule has 1 unspecified atom stereocenters. The van der Waals surface area contributed by atoms with Crippen molar-refractivity contribution in [3.8, 4) is 0 Å². The largest absolute Gasteiger partial charge is 1.00 e. The van der Waals surface area contributed by atoms with Gasteiger partial charge >= 0.3 is 18.9 Å². The van der Waals surface area contributed by atoms with E-state index in [1.165, 1.54) is 0 Å². The van der Waals surface area contributed by atoms with Gasteiger partial charge in [0.05, 0.1) is 0 Å². The first-order chi connectivity index (χ1) is 3.72. The molecule has 1 atom stereocenters. The molecule has 0 rings (SSSR count). The van der Waals surface area contributed by atoms with E-state index in [2.05, 4.69) is 0 Å². The first kappa shape index (κ1) is 11.9. The van der Waals surface area contributed by atoms with Gasteiger partial charge in [0.1, 0.15) is 0 Å². The van der Waals surface area contributed by atoms with Gasteiger partial charge in [0.25, 0.3) is 0 Å². The molecule has 0 saturated heterocycles. The fourth-order valence-electron chi connectivity index (χ4n) is 0.272. The number of allylic oxidation sites excluding steroid dienone is 1. The molecular formula is C6H9F2Li. The van der Waals surface area contributed by atoms with Crippen LogP contribution in [-0.2, 0) is 0 Å². The summed E-state index contributed by atoms with van der Waals surface area (Å²) in [6.07, 6.45) is 1.58. The topological polar surface area (TPSA) is 0 Å². The molecule has 0 saturated carbocycles. The van der Waals surface area contributed by atoms with Gasteiger partial charge in [-0.05, 0) is 11.7 Å². The van der Waals surface area contributed by atoms with Crippen LogP contribution >= 0.6 is 0 Å². The van der Waals surface area contributed by atoms with Crippen molar-refractivity contribution in [1.29, 1.82) is 0 Å². The van der Waals surface area contributed by atoms with Crippen molar-refractivity contribution in [3.63, 3.8) is 0 Å². The van der Waals surface area contributed by atoms with Crippen LogP contribution in [0.15, 0.2) is 5.83 Å². The average Bonchev–Trinajstić information content (AvgIpc) is 1.84. The Bertz CT molecular complexity index is 91.1. The molecule has 0 spiro atoms. The molecule has 0 amide bonds. The molecule has 0 aliphatic carbocycles. The van der Waals surface area contributed by atoms with E-state index in [-0.39, 0.29) is 24.8 Å². The van der Waals surface area contributed by atoms with E-state index in [1.54, 1.807) is 13.8 Å². The standard InChI is InChI=1S/C6H9F2.Li/c1-3-5(2)6(8)4-7;/h5H,3H2,1-2H3;/q-1;+1. The first-order valence-corrected chi connectivity index (χ1v) is 2.61. The molecule has 0 radical (unpaired) electrons. The molecular weight excluding hydrogens is 117 g/mol. The first-order valence-electron chi connectivity index (χ1n) is 2.61. The van der Waals surface area contributed by atoms with E-state index in [4.69, 9.17) is 0 Å². The minimum absolute atomic E-state index is 0. The van der Waals surface area contributed by atoms with Gasteiger partial charge in [-0.2, -0.15) is 0 Å². The van der Waals surface area contributed by atoms with Crippen LogP contribution in [0.3, 0.4) is 0 Å². The molecule has 0 aliphatic heterocycles. The monoisotopic (exact) mass is 126 g/mol. The van der Waals surface area contributed by atoms with E-state index in [1.807, 2.05) is 0 Å². The van der Waals surface area contributed by atoms with Gasteiger partial charge in [0.15, 0.2) is 0 Å². The normalized spacial score (nSPS) is 14.4. The Balaban J connectivity index is 0. The number of rotatable bonds is 2. The van der Waals surface area contributed by atoms with Crippen molar-refractivity contribution in [3.05, 3.63) is 12.2 Å². The molecule has 0 heterocycles. The Labute approximate surface area is 66.5 Å². The van der Waals surface area contributed by atoms with Crippen LogP contribution in [0.25, 0.3) is 0 Å². The van der Waals surface area contributed by atoms with Crippen LogP contribution in [0.4, 0.5) is 8.78 Å². The zero-order valence-corrected chi connectivity index (χ0v) is 6.04. The van der Waals surface area contributed by atoms with Crippen LogP contribution in [0.5, 0.6) is 0 Å². The Kier molecular flexibility index (Phi) is 8.38. The Hall–Kier alpha value is 0.197. The third kappa shape index (κ3) is 4.69. The van der Waals surface area contributed by atoms with Crippen molar-refractivity contribution < 1.29 is 27.6 Å². The Morgan fingerprint density at radius 3 is 2.22 bits per heavy atom. The molecule has 0 aromatic heterocycles. The average molecular weight is 126 g/mol. The van der Waals surface area contributed by atoms with E-state index >= 15 is 0 Å². The summed E-state index contributed by atoms with van der Waals surface area (Å²) in [5, 5.41) is 0. The van der Waals surface area contributed by atoms with Gasteiger partial charge in [-0.3, -0.25) is 10.7 Å². The minimum Gasteiger partial charge on any atom is -0.456 e. The predicted molar refractivity (Wildman–Crippen MR) is 28.4 cm³/mol. The van der Waals surface area contributed by atoms with Crippen molar-refractivity contribution in [1.82, 2.24) is 0 Å². The van der Waals surface area contributed by atoms with Gasteiger partial charge in [0, 0.05) is 0 Å². The summed E-state index contributed by atoms with van der Waals surface area (Å²) >= 11 is 0. The molecule has 0 aromatic rings. The Morgan fingerprint density at radius 2 is 2.11 bits per heavy atom. The van der Waals surface area contributed by atoms with Crippen molar-refractivity contribution >= 4 is 0 Å². The molecule has 0 fully saturated rings. The fourth-order valence-corrected chi connectivity index (χ4v) is 0.272. The molecule has 0 aliphatic rings. The van der Waals surface area contributed by atoms with Crippen LogP contribution in [-0.4, -0.2) is 0 Å². The quantitative estimate of drug-likeness (QED) is 0.349. The maximum absolute atomic E-state index is 12.0. The van der Waals surface area contributed by atoms with Gasteiger partial charge in [-0.15, -0.1) is 0 Å². The number of halogens is 2. The van der Waals surface area contributed by atoms with Crippen LogP contribution in [0.2, 0.25) is 0 Å². The summed E-state index contributed by atoms with van der Waals surface area (Å²) in [7, 11) is 0. The second kappa shape index (κ2) is 6.32. The van der Waals surface area contributed by atoms with E-state index < -0.39 is 5.83 Å².